The summed E-state index contributed by atoms with van der Waals surface area (Å²) in [6.45, 7) is 3.23. The zero-order chi connectivity index (χ0) is 12.2. The predicted molar refractivity (Wildman–Crippen MR) is 73.0 cm³/mol. The molecule has 0 N–H and O–H groups in total. The fraction of sp³-hybridized carbons (Fsp3) is 0.294. The van der Waals surface area contributed by atoms with Gasteiger partial charge in [-0.05, 0) is 35.6 Å². The lowest BCUT2D eigenvalue weighted by molar-refractivity contribution is 0.222. The van der Waals surface area contributed by atoms with Crippen molar-refractivity contribution in [1.82, 2.24) is 0 Å². The molecule has 2 aromatic carbocycles. The standard InChI is InChI=1S/C17H16O/c1-17-9-10-18-15-8-4-7-14(16(15)17)13-6-3-2-5-12(13)11-17/h2-8H,9-11H2,1H3. The zero-order valence-electron chi connectivity index (χ0n) is 10.6. The molecule has 18 heavy (non-hydrogen) atoms. The van der Waals surface area contributed by atoms with Crippen LogP contribution in [0.1, 0.15) is 24.5 Å². The maximum absolute atomic E-state index is 5.85. The molecular formula is C17H16O. The molecule has 0 saturated heterocycles. The molecule has 1 heteroatoms. The summed E-state index contributed by atoms with van der Waals surface area (Å²) < 4.78 is 5.85. The van der Waals surface area contributed by atoms with Crippen LogP contribution in [-0.2, 0) is 11.8 Å². The van der Waals surface area contributed by atoms with Crippen LogP contribution in [0.5, 0.6) is 5.75 Å². The molecule has 0 aromatic heterocycles. The topological polar surface area (TPSA) is 9.23 Å². The molecule has 1 nitrogen and oxygen atoms in total. The van der Waals surface area contributed by atoms with Gasteiger partial charge in [-0.1, -0.05) is 43.3 Å². The summed E-state index contributed by atoms with van der Waals surface area (Å²) in [6.07, 6.45) is 2.25. The molecule has 0 radical (unpaired) electrons. The van der Waals surface area contributed by atoms with Gasteiger partial charge in [-0.2, -0.15) is 0 Å². The monoisotopic (exact) mass is 236 g/mol. The van der Waals surface area contributed by atoms with E-state index in [1.807, 2.05) is 0 Å². The molecule has 1 heterocycles. The van der Waals surface area contributed by atoms with Crippen LogP contribution in [0.15, 0.2) is 42.5 Å². The highest BCUT2D eigenvalue weighted by molar-refractivity contribution is 5.77. The van der Waals surface area contributed by atoms with Gasteiger partial charge in [0, 0.05) is 11.0 Å². The summed E-state index contributed by atoms with van der Waals surface area (Å²) >= 11 is 0. The van der Waals surface area contributed by atoms with Crippen LogP contribution in [0.25, 0.3) is 11.1 Å². The Balaban J connectivity index is 2.09. The van der Waals surface area contributed by atoms with E-state index in [-0.39, 0.29) is 5.41 Å². The first-order valence-corrected chi connectivity index (χ1v) is 6.62. The summed E-state index contributed by atoms with van der Waals surface area (Å²) in [4.78, 5) is 0. The third kappa shape index (κ3) is 1.22. The minimum atomic E-state index is 0.249. The van der Waals surface area contributed by atoms with Crippen LogP contribution in [0.4, 0.5) is 0 Å². The van der Waals surface area contributed by atoms with Gasteiger partial charge in [0.15, 0.2) is 0 Å². The maximum atomic E-state index is 5.85. The van der Waals surface area contributed by atoms with Gasteiger partial charge in [-0.3, -0.25) is 0 Å². The van der Waals surface area contributed by atoms with E-state index in [4.69, 9.17) is 4.74 Å². The number of hydrogen-bond acceptors (Lipinski definition) is 1. The molecule has 0 fully saturated rings. The van der Waals surface area contributed by atoms with Crippen LogP contribution < -0.4 is 4.74 Å². The lowest BCUT2D eigenvalue weighted by Crippen LogP contribution is -2.35. The highest BCUT2D eigenvalue weighted by Crippen LogP contribution is 2.50. The quantitative estimate of drug-likeness (QED) is 0.673. The van der Waals surface area contributed by atoms with Gasteiger partial charge in [-0.15, -0.1) is 0 Å². The third-order valence-electron chi connectivity index (χ3n) is 4.43. The molecule has 1 atom stereocenters. The smallest absolute Gasteiger partial charge is 0.123 e. The fourth-order valence-electron chi connectivity index (χ4n) is 3.54. The van der Waals surface area contributed by atoms with Crippen molar-refractivity contribution in [3.8, 4) is 16.9 Å². The van der Waals surface area contributed by atoms with Gasteiger partial charge < -0.3 is 4.74 Å². The second-order valence-electron chi connectivity index (χ2n) is 5.67. The minimum absolute atomic E-state index is 0.249. The fourth-order valence-corrected chi connectivity index (χ4v) is 3.54. The van der Waals surface area contributed by atoms with E-state index in [9.17, 15) is 0 Å². The van der Waals surface area contributed by atoms with E-state index in [2.05, 4.69) is 49.4 Å². The normalized spacial score (nSPS) is 23.8. The van der Waals surface area contributed by atoms with E-state index >= 15 is 0 Å². The molecule has 0 amide bonds. The molecule has 1 aliphatic carbocycles. The molecule has 0 bridgehead atoms. The van der Waals surface area contributed by atoms with Crippen LogP contribution in [-0.4, -0.2) is 6.61 Å². The molecule has 90 valence electrons. The van der Waals surface area contributed by atoms with Crippen molar-refractivity contribution in [2.45, 2.75) is 25.2 Å². The Morgan fingerprint density at radius 2 is 1.83 bits per heavy atom. The van der Waals surface area contributed by atoms with Crippen molar-refractivity contribution in [3.63, 3.8) is 0 Å². The van der Waals surface area contributed by atoms with Crippen LogP contribution >= 0.6 is 0 Å². The van der Waals surface area contributed by atoms with Crippen molar-refractivity contribution >= 4 is 0 Å². The molecule has 0 spiro atoms. The Morgan fingerprint density at radius 3 is 2.78 bits per heavy atom. The Hall–Kier alpha value is -1.76. The molecular weight excluding hydrogens is 220 g/mol. The van der Waals surface area contributed by atoms with Crippen molar-refractivity contribution in [3.05, 3.63) is 53.6 Å². The van der Waals surface area contributed by atoms with Crippen molar-refractivity contribution in [1.29, 1.82) is 0 Å². The van der Waals surface area contributed by atoms with Gasteiger partial charge >= 0.3 is 0 Å². The number of fused-ring (bicyclic) bond motifs is 2. The summed E-state index contributed by atoms with van der Waals surface area (Å²) in [5.74, 6) is 1.09. The average molecular weight is 236 g/mol. The Morgan fingerprint density at radius 1 is 1.00 bits per heavy atom. The number of rotatable bonds is 0. The molecule has 2 aliphatic rings. The number of hydrogen-bond donors (Lipinski definition) is 0. The number of benzene rings is 2. The predicted octanol–water partition coefficient (Wildman–Crippen LogP) is 3.95. The molecule has 2 aromatic rings. The van der Waals surface area contributed by atoms with Gasteiger partial charge in [0.25, 0.3) is 0 Å². The van der Waals surface area contributed by atoms with Crippen molar-refractivity contribution in [2.24, 2.45) is 0 Å². The highest BCUT2D eigenvalue weighted by Gasteiger charge is 2.39. The summed E-state index contributed by atoms with van der Waals surface area (Å²) in [7, 11) is 0. The van der Waals surface area contributed by atoms with Gasteiger partial charge in [0.05, 0.1) is 6.61 Å². The van der Waals surface area contributed by atoms with Gasteiger partial charge in [0.1, 0.15) is 5.75 Å². The molecule has 4 rings (SSSR count). The lowest BCUT2D eigenvalue weighted by atomic mass is 9.66. The first kappa shape index (κ1) is 10.2. The minimum Gasteiger partial charge on any atom is -0.493 e. The first-order valence-electron chi connectivity index (χ1n) is 6.62. The summed E-state index contributed by atoms with van der Waals surface area (Å²) in [6, 6.07) is 15.3. The second kappa shape index (κ2) is 3.38. The van der Waals surface area contributed by atoms with Gasteiger partial charge in [-0.25, -0.2) is 0 Å². The van der Waals surface area contributed by atoms with Crippen LogP contribution in [0.3, 0.4) is 0 Å². The Kier molecular flexibility index (Phi) is 1.91. The first-order chi connectivity index (χ1) is 8.78. The SMILES string of the molecule is CC12CCOc3cccc(c31)-c1ccccc1C2. The summed E-state index contributed by atoms with van der Waals surface area (Å²) in [5, 5.41) is 0. The van der Waals surface area contributed by atoms with E-state index in [0.717, 1.165) is 25.2 Å². The lowest BCUT2D eigenvalue weighted by Gasteiger charge is -2.41. The van der Waals surface area contributed by atoms with E-state index in [0.29, 0.717) is 0 Å². The van der Waals surface area contributed by atoms with E-state index < -0.39 is 0 Å². The van der Waals surface area contributed by atoms with Gasteiger partial charge in [0.2, 0.25) is 0 Å². The molecule has 1 unspecified atom stereocenters. The van der Waals surface area contributed by atoms with Crippen molar-refractivity contribution < 1.29 is 4.74 Å². The molecule has 1 aliphatic heterocycles. The largest absolute Gasteiger partial charge is 0.493 e. The van der Waals surface area contributed by atoms with Crippen molar-refractivity contribution in [2.75, 3.05) is 6.61 Å². The van der Waals surface area contributed by atoms with E-state index in [1.54, 1.807) is 0 Å². The van der Waals surface area contributed by atoms with E-state index in [1.165, 1.54) is 22.3 Å². The number of ether oxygens (including phenoxy) is 1. The Bertz CT molecular complexity index is 629. The highest BCUT2D eigenvalue weighted by atomic mass is 16.5. The molecule has 0 saturated carbocycles. The third-order valence-corrected chi connectivity index (χ3v) is 4.43. The van der Waals surface area contributed by atoms with Crippen LogP contribution in [0.2, 0.25) is 0 Å². The average Bonchev–Trinajstić information content (AvgIpc) is 2.39. The van der Waals surface area contributed by atoms with Crippen LogP contribution in [0, 0.1) is 0 Å². The second-order valence-corrected chi connectivity index (χ2v) is 5.67. The Labute approximate surface area is 107 Å². The summed E-state index contributed by atoms with van der Waals surface area (Å²) in [5.41, 5.74) is 5.91. The zero-order valence-corrected chi connectivity index (χ0v) is 10.6. The maximum Gasteiger partial charge on any atom is 0.123 e.